The number of amides is 2. The molecule has 0 atom stereocenters. The van der Waals surface area contributed by atoms with E-state index in [1.54, 1.807) is 48.5 Å². The van der Waals surface area contributed by atoms with E-state index in [1.165, 1.54) is 0 Å². The summed E-state index contributed by atoms with van der Waals surface area (Å²) in [5, 5.41) is 2.73. The van der Waals surface area contributed by atoms with E-state index in [1.807, 2.05) is 6.92 Å². The van der Waals surface area contributed by atoms with Gasteiger partial charge in [-0.15, -0.1) is 0 Å². The van der Waals surface area contributed by atoms with Gasteiger partial charge in [0.1, 0.15) is 5.75 Å². The van der Waals surface area contributed by atoms with Crippen molar-refractivity contribution in [1.82, 2.24) is 0 Å². The molecular formula is C17H18N2O3. The van der Waals surface area contributed by atoms with Crippen molar-refractivity contribution in [2.75, 3.05) is 11.9 Å². The van der Waals surface area contributed by atoms with Crippen LogP contribution in [0.5, 0.6) is 5.75 Å². The molecule has 2 rings (SSSR count). The summed E-state index contributed by atoms with van der Waals surface area (Å²) < 4.78 is 5.47. The van der Waals surface area contributed by atoms with Gasteiger partial charge in [0.15, 0.2) is 0 Å². The van der Waals surface area contributed by atoms with Gasteiger partial charge in [-0.25, -0.2) is 0 Å². The summed E-state index contributed by atoms with van der Waals surface area (Å²) in [6, 6.07) is 13.4. The summed E-state index contributed by atoms with van der Waals surface area (Å²) in [6.45, 7) is 2.67. The molecule has 0 saturated heterocycles. The SMILES string of the molecule is CCCOc1ccc(C(=O)Nc2cccc(C(N)=O)c2)cc1. The summed E-state index contributed by atoms with van der Waals surface area (Å²) in [5.74, 6) is -0.0636. The van der Waals surface area contributed by atoms with Gasteiger partial charge >= 0.3 is 0 Å². The smallest absolute Gasteiger partial charge is 0.255 e. The Balaban J connectivity index is 2.05. The highest BCUT2D eigenvalue weighted by molar-refractivity contribution is 6.05. The lowest BCUT2D eigenvalue weighted by Crippen LogP contribution is -2.14. The van der Waals surface area contributed by atoms with E-state index in [2.05, 4.69) is 5.32 Å². The van der Waals surface area contributed by atoms with Gasteiger partial charge in [-0.3, -0.25) is 9.59 Å². The molecule has 0 aliphatic rings. The minimum Gasteiger partial charge on any atom is -0.494 e. The number of rotatable bonds is 6. The number of hydrogen-bond donors (Lipinski definition) is 2. The number of hydrogen-bond acceptors (Lipinski definition) is 3. The number of ether oxygens (including phenoxy) is 1. The van der Waals surface area contributed by atoms with E-state index >= 15 is 0 Å². The van der Waals surface area contributed by atoms with E-state index in [0.29, 0.717) is 23.4 Å². The molecule has 2 aromatic rings. The van der Waals surface area contributed by atoms with Crippen molar-refractivity contribution in [1.29, 1.82) is 0 Å². The Kier molecular flexibility index (Phi) is 5.14. The van der Waals surface area contributed by atoms with Gasteiger partial charge in [0.05, 0.1) is 6.61 Å². The third-order valence-electron chi connectivity index (χ3n) is 2.99. The molecule has 0 saturated carbocycles. The van der Waals surface area contributed by atoms with Crippen molar-refractivity contribution in [3.63, 3.8) is 0 Å². The molecule has 5 heteroatoms. The van der Waals surface area contributed by atoms with E-state index in [-0.39, 0.29) is 5.91 Å². The van der Waals surface area contributed by atoms with Crippen LogP contribution in [0.25, 0.3) is 0 Å². The van der Waals surface area contributed by atoms with E-state index in [0.717, 1.165) is 12.2 Å². The van der Waals surface area contributed by atoms with Crippen LogP contribution in [0, 0.1) is 0 Å². The highest BCUT2D eigenvalue weighted by atomic mass is 16.5. The number of nitrogens with two attached hydrogens (primary N) is 1. The van der Waals surface area contributed by atoms with Crippen molar-refractivity contribution in [2.24, 2.45) is 5.73 Å². The van der Waals surface area contributed by atoms with Gasteiger partial charge < -0.3 is 15.8 Å². The van der Waals surface area contributed by atoms with Crippen LogP contribution in [0.4, 0.5) is 5.69 Å². The lowest BCUT2D eigenvalue weighted by Gasteiger charge is -2.08. The maximum Gasteiger partial charge on any atom is 0.255 e. The van der Waals surface area contributed by atoms with Crippen LogP contribution in [0.15, 0.2) is 48.5 Å². The van der Waals surface area contributed by atoms with Gasteiger partial charge in [-0.2, -0.15) is 0 Å². The largest absolute Gasteiger partial charge is 0.494 e. The molecule has 0 fully saturated rings. The number of anilines is 1. The minimum atomic E-state index is -0.534. The number of nitrogens with one attached hydrogen (secondary N) is 1. The first kappa shape index (κ1) is 15.6. The van der Waals surface area contributed by atoms with Gasteiger partial charge in [0.25, 0.3) is 5.91 Å². The van der Waals surface area contributed by atoms with Gasteiger partial charge in [0.2, 0.25) is 5.91 Å². The molecule has 2 aromatic carbocycles. The second kappa shape index (κ2) is 7.26. The quantitative estimate of drug-likeness (QED) is 0.860. The van der Waals surface area contributed by atoms with E-state index in [9.17, 15) is 9.59 Å². The standard InChI is InChI=1S/C17H18N2O3/c1-2-10-22-15-8-6-12(7-9-15)17(21)19-14-5-3-4-13(11-14)16(18)20/h3-9,11H,2,10H2,1H3,(H2,18,20)(H,19,21). The highest BCUT2D eigenvalue weighted by Gasteiger charge is 2.08. The van der Waals surface area contributed by atoms with Crippen molar-refractivity contribution >= 4 is 17.5 Å². The predicted molar refractivity (Wildman–Crippen MR) is 85.1 cm³/mol. The Morgan fingerprint density at radius 2 is 1.82 bits per heavy atom. The van der Waals surface area contributed by atoms with Crippen LogP contribution in [-0.2, 0) is 0 Å². The molecule has 0 aromatic heterocycles. The van der Waals surface area contributed by atoms with Gasteiger partial charge in [0, 0.05) is 16.8 Å². The van der Waals surface area contributed by atoms with Gasteiger partial charge in [-0.05, 0) is 48.9 Å². The molecule has 5 nitrogen and oxygen atoms in total. The first-order valence-electron chi connectivity index (χ1n) is 7.04. The van der Waals surface area contributed by atoms with Crippen LogP contribution in [0.1, 0.15) is 34.1 Å². The zero-order chi connectivity index (χ0) is 15.9. The fourth-order valence-electron chi connectivity index (χ4n) is 1.88. The lowest BCUT2D eigenvalue weighted by atomic mass is 10.1. The molecule has 0 unspecified atom stereocenters. The number of carbonyl (C=O) groups excluding carboxylic acids is 2. The van der Waals surface area contributed by atoms with Crippen molar-refractivity contribution in [2.45, 2.75) is 13.3 Å². The fourth-order valence-corrected chi connectivity index (χ4v) is 1.88. The zero-order valence-corrected chi connectivity index (χ0v) is 12.3. The zero-order valence-electron chi connectivity index (χ0n) is 12.3. The molecule has 2 amide bonds. The Morgan fingerprint density at radius 3 is 2.45 bits per heavy atom. The monoisotopic (exact) mass is 298 g/mol. The summed E-state index contributed by atoms with van der Waals surface area (Å²) >= 11 is 0. The molecule has 0 spiro atoms. The molecule has 0 radical (unpaired) electrons. The number of carbonyl (C=O) groups is 2. The van der Waals surface area contributed by atoms with Crippen molar-refractivity contribution in [3.8, 4) is 5.75 Å². The lowest BCUT2D eigenvalue weighted by molar-refractivity contribution is 0.0996. The highest BCUT2D eigenvalue weighted by Crippen LogP contribution is 2.15. The second-order valence-corrected chi connectivity index (χ2v) is 4.77. The summed E-state index contributed by atoms with van der Waals surface area (Å²) in [7, 11) is 0. The van der Waals surface area contributed by atoms with E-state index in [4.69, 9.17) is 10.5 Å². The molecule has 114 valence electrons. The second-order valence-electron chi connectivity index (χ2n) is 4.77. The first-order valence-corrected chi connectivity index (χ1v) is 7.04. The molecule has 0 aliphatic carbocycles. The summed E-state index contributed by atoms with van der Waals surface area (Å²) in [4.78, 5) is 23.3. The first-order chi connectivity index (χ1) is 10.6. The maximum atomic E-state index is 12.2. The number of primary amides is 1. The summed E-state index contributed by atoms with van der Waals surface area (Å²) in [6.07, 6.45) is 0.929. The Hall–Kier alpha value is -2.82. The van der Waals surface area contributed by atoms with E-state index < -0.39 is 5.91 Å². The van der Waals surface area contributed by atoms with Crippen molar-refractivity contribution in [3.05, 3.63) is 59.7 Å². The fraction of sp³-hybridized carbons (Fsp3) is 0.176. The molecule has 22 heavy (non-hydrogen) atoms. The molecule has 0 aliphatic heterocycles. The third-order valence-corrected chi connectivity index (χ3v) is 2.99. The average Bonchev–Trinajstić information content (AvgIpc) is 2.53. The Labute approximate surface area is 129 Å². The Morgan fingerprint density at radius 1 is 1.09 bits per heavy atom. The van der Waals surface area contributed by atoms with Crippen LogP contribution >= 0.6 is 0 Å². The Bertz CT molecular complexity index is 666. The normalized spacial score (nSPS) is 10.0. The molecular weight excluding hydrogens is 280 g/mol. The molecule has 3 N–H and O–H groups in total. The molecule has 0 heterocycles. The van der Waals surface area contributed by atoms with Gasteiger partial charge in [-0.1, -0.05) is 13.0 Å². The van der Waals surface area contributed by atoms with Crippen LogP contribution in [-0.4, -0.2) is 18.4 Å². The molecule has 0 bridgehead atoms. The summed E-state index contributed by atoms with van der Waals surface area (Å²) in [5.41, 5.74) is 6.59. The minimum absolute atomic E-state index is 0.260. The topological polar surface area (TPSA) is 81.4 Å². The average molecular weight is 298 g/mol. The van der Waals surface area contributed by atoms with Crippen LogP contribution in [0.3, 0.4) is 0 Å². The van der Waals surface area contributed by atoms with Crippen LogP contribution in [0.2, 0.25) is 0 Å². The predicted octanol–water partition coefficient (Wildman–Crippen LogP) is 2.83. The van der Waals surface area contributed by atoms with Crippen molar-refractivity contribution < 1.29 is 14.3 Å². The maximum absolute atomic E-state index is 12.2. The third kappa shape index (κ3) is 4.09. The number of benzene rings is 2. The van der Waals surface area contributed by atoms with Crippen LogP contribution < -0.4 is 15.8 Å².